The van der Waals surface area contributed by atoms with Gasteiger partial charge in [-0.1, -0.05) is 42.5 Å². The molecule has 0 aliphatic carbocycles. The molecule has 190 valence electrons. The number of rotatable bonds is 5. The van der Waals surface area contributed by atoms with Crippen molar-refractivity contribution in [3.05, 3.63) is 91.3 Å². The van der Waals surface area contributed by atoms with E-state index in [4.69, 9.17) is 24.0 Å². The van der Waals surface area contributed by atoms with E-state index in [1.54, 1.807) is 31.1 Å². The molecule has 7 rings (SSSR count). The lowest BCUT2D eigenvalue weighted by atomic mass is 9.99. The molecular weight excluding hydrogens is 492 g/mol. The average molecular weight is 515 g/mol. The fourth-order valence-corrected chi connectivity index (χ4v) is 4.98. The Morgan fingerprint density at radius 1 is 0.769 bits per heavy atom. The summed E-state index contributed by atoms with van der Waals surface area (Å²) in [7, 11) is 3.27. The van der Waals surface area contributed by atoms with Crippen LogP contribution >= 0.6 is 0 Å². The first kappa shape index (κ1) is 22.8. The number of ether oxygens (including phenoxy) is 2. The Labute approximate surface area is 222 Å². The first-order valence-corrected chi connectivity index (χ1v) is 12.3. The van der Waals surface area contributed by atoms with Crippen LogP contribution in [-0.4, -0.2) is 38.9 Å². The zero-order valence-corrected chi connectivity index (χ0v) is 21.1. The van der Waals surface area contributed by atoms with Crippen molar-refractivity contribution in [1.82, 2.24) is 19.6 Å². The molecule has 8 heteroatoms. The lowest BCUT2D eigenvalue weighted by Crippen LogP contribution is -1.91. The number of phenolic OH excluding ortho intramolecular Hbond substituents is 1. The first-order valence-electron chi connectivity index (χ1n) is 12.3. The van der Waals surface area contributed by atoms with Gasteiger partial charge in [-0.25, -0.2) is 14.5 Å². The van der Waals surface area contributed by atoms with Crippen molar-refractivity contribution < 1.29 is 19.0 Å². The summed E-state index contributed by atoms with van der Waals surface area (Å²) >= 11 is 0. The number of aromatic hydroxyl groups is 1. The van der Waals surface area contributed by atoms with Crippen LogP contribution in [0.1, 0.15) is 0 Å². The van der Waals surface area contributed by atoms with Crippen LogP contribution in [0.5, 0.6) is 17.2 Å². The van der Waals surface area contributed by atoms with Gasteiger partial charge in [0.15, 0.2) is 11.5 Å². The van der Waals surface area contributed by atoms with Gasteiger partial charge in [-0.15, -0.1) is 5.10 Å². The molecule has 0 unspecified atom stereocenters. The van der Waals surface area contributed by atoms with Crippen LogP contribution in [0, 0.1) is 0 Å². The molecule has 0 fully saturated rings. The summed E-state index contributed by atoms with van der Waals surface area (Å²) in [4.78, 5) is 9.51. The van der Waals surface area contributed by atoms with Gasteiger partial charge in [0, 0.05) is 11.1 Å². The van der Waals surface area contributed by atoms with E-state index < -0.39 is 0 Å². The second kappa shape index (κ2) is 8.88. The second-order valence-electron chi connectivity index (χ2n) is 9.07. The molecule has 1 N–H and O–H groups in total. The maximum absolute atomic E-state index is 10.8. The van der Waals surface area contributed by atoms with Gasteiger partial charge in [0.05, 0.1) is 25.2 Å². The van der Waals surface area contributed by atoms with Gasteiger partial charge in [-0.3, -0.25) is 0 Å². The van der Waals surface area contributed by atoms with Crippen LogP contribution in [0.4, 0.5) is 0 Å². The van der Waals surface area contributed by atoms with E-state index in [2.05, 4.69) is 4.98 Å². The van der Waals surface area contributed by atoms with E-state index in [0.29, 0.717) is 33.9 Å². The minimum absolute atomic E-state index is 0.107. The molecule has 4 aromatic carbocycles. The fraction of sp³-hybridized carbons (Fsp3) is 0.0645. The van der Waals surface area contributed by atoms with E-state index >= 15 is 0 Å². The van der Waals surface area contributed by atoms with E-state index in [-0.39, 0.29) is 5.75 Å². The van der Waals surface area contributed by atoms with Crippen molar-refractivity contribution in [2.45, 2.75) is 0 Å². The normalized spacial score (nSPS) is 11.4. The van der Waals surface area contributed by atoms with Crippen LogP contribution in [0.3, 0.4) is 0 Å². The van der Waals surface area contributed by atoms with Crippen LogP contribution in [0.25, 0.3) is 61.4 Å². The number of furan rings is 1. The van der Waals surface area contributed by atoms with Crippen LogP contribution in [0.2, 0.25) is 0 Å². The number of nitrogens with zero attached hydrogens (tertiary/aromatic N) is 4. The third-order valence-corrected chi connectivity index (χ3v) is 6.89. The molecule has 7 aromatic rings. The molecule has 0 bridgehead atoms. The Kier molecular flexibility index (Phi) is 5.19. The van der Waals surface area contributed by atoms with Crippen molar-refractivity contribution in [2.24, 2.45) is 0 Å². The highest BCUT2D eigenvalue weighted by molar-refractivity contribution is 6.08. The molecule has 0 spiro atoms. The van der Waals surface area contributed by atoms with Gasteiger partial charge in [0.1, 0.15) is 29.3 Å². The van der Waals surface area contributed by atoms with Gasteiger partial charge in [0.2, 0.25) is 5.71 Å². The Bertz CT molecular complexity index is 1990. The lowest BCUT2D eigenvalue weighted by molar-refractivity contribution is 0.414. The monoisotopic (exact) mass is 514 g/mol. The highest BCUT2D eigenvalue weighted by Gasteiger charge is 2.24. The maximum atomic E-state index is 10.8. The molecule has 0 aliphatic heterocycles. The smallest absolute Gasteiger partial charge is 0.232 e. The number of hydrogen-bond acceptors (Lipinski definition) is 7. The van der Waals surface area contributed by atoms with Crippen molar-refractivity contribution in [3.63, 3.8) is 0 Å². The van der Waals surface area contributed by atoms with E-state index in [1.807, 2.05) is 78.9 Å². The molecule has 0 atom stereocenters. The number of hydrogen-bond donors (Lipinski definition) is 1. The number of fused-ring (bicyclic) bond motifs is 4. The predicted octanol–water partition coefficient (Wildman–Crippen LogP) is 6.75. The summed E-state index contributed by atoms with van der Waals surface area (Å²) in [5.74, 6) is 2.65. The Morgan fingerprint density at radius 2 is 1.46 bits per heavy atom. The Morgan fingerprint density at radius 3 is 2.18 bits per heavy atom. The minimum Gasteiger partial charge on any atom is -0.507 e. The summed E-state index contributed by atoms with van der Waals surface area (Å²) in [5, 5.41) is 18.1. The van der Waals surface area contributed by atoms with E-state index in [9.17, 15) is 5.11 Å². The molecule has 0 radical (unpaired) electrons. The van der Waals surface area contributed by atoms with Crippen molar-refractivity contribution in [1.29, 1.82) is 0 Å². The zero-order valence-electron chi connectivity index (χ0n) is 21.1. The van der Waals surface area contributed by atoms with Crippen molar-refractivity contribution >= 4 is 27.5 Å². The molecule has 0 saturated heterocycles. The molecule has 8 nitrogen and oxygen atoms in total. The molecule has 3 aromatic heterocycles. The molecule has 39 heavy (non-hydrogen) atoms. The van der Waals surface area contributed by atoms with Crippen LogP contribution in [0.15, 0.2) is 95.7 Å². The van der Waals surface area contributed by atoms with Crippen molar-refractivity contribution in [3.8, 4) is 51.1 Å². The molecule has 0 amide bonds. The Balaban J connectivity index is 1.52. The predicted molar refractivity (Wildman–Crippen MR) is 149 cm³/mol. The largest absolute Gasteiger partial charge is 0.507 e. The van der Waals surface area contributed by atoms with Gasteiger partial charge in [-0.2, -0.15) is 0 Å². The van der Waals surface area contributed by atoms with Crippen LogP contribution in [-0.2, 0) is 0 Å². The van der Waals surface area contributed by atoms with Gasteiger partial charge >= 0.3 is 0 Å². The summed E-state index contributed by atoms with van der Waals surface area (Å²) in [6.07, 6.45) is 1.58. The van der Waals surface area contributed by atoms with Crippen LogP contribution < -0.4 is 9.47 Å². The van der Waals surface area contributed by atoms with E-state index in [1.165, 1.54) is 0 Å². The summed E-state index contributed by atoms with van der Waals surface area (Å²) in [6, 6.07) is 26.8. The molecule has 3 heterocycles. The SMILES string of the molecule is COc1ccc(-c2oc3ncn4nc(-c5c(O)ccc6ccccc56)nc4c3c2-c2ccc(OC)cc2)cc1. The van der Waals surface area contributed by atoms with E-state index in [0.717, 1.165) is 39.0 Å². The highest BCUT2D eigenvalue weighted by Crippen LogP contribution is 2.43. The third kappa shape index (κ3) is 3.65. The van der Waals surface area contributed by atoms with Gasteiger partial charge in [-0.05, 0) is 58.8 Å². The maximum Gasteiger partial charge on any atom is 0.232 e. The van der Waals surface area contributed by atoms with Gasteiger partial charge < -0.3 is 19.0 Å². The zero-order chi connectivity index (χ0) is 26.5. The molecular formula is C31H22N4O4. The molecule has 0 aliphatic rings. The fourth-order valence-electron chi connectivity index (χ4n) is 4.98. The quantitative estimate of drug-likeness (QED) is 0.272. The number of methoxy groups -OCH3 is 2. The number of phenols is 1. The number of aromatic nitrogens is 4. The standard InChI is InChI=1S/C31H22N4O4/c1-37-21-12-7-19(8-13-21)25-27-30-33-29(26-23-6-4-3-5-18(23)11-16-24(26)36)34-35(30)17-32-31(27)39-28(25)20-9-14-22(38-2)15-10-20/h3-17,36H,1-2H3. The minimum atomic E-state index is 0.107. The van der Waals surface area contributed by atoms with Gasteiger partial charge in [0.25, 0.3) is 0 Å². The molecule has 0 saturated carbocycles. The average Bonchev–Trinajstić information content (AvgIpc) is 3.59. The lowest BCUT2D eigenvalue weighted by Gasteiger charge is -2.06. The summed E-state index contributed by atoms with van der Waals surface area (Å²) in [5.41, 5.74) is 4.17. The second-order valence-corrected chi connectivity index (χ2v) is 9.07. The Hall–Kier alpha value is -5.37. The highest BCUT2D eigenvalue weighted by atomic mass is 16.5. The topological polar surface area (TPSA) is 94.9 Å². The number of benzene rings is 4. The summed E-state index contributed by atoms with van der Waals surface area (Å²) < 4.78 is 18.7. The van der Waals surface area contributed by atoms with Crippen molar-refractivity contribution in [2.75, 3.05) is 14.2 Å². The first-order chi connectivity index (χ1) is 19.1. The third-order valence-electron chi connectivity index (χ3n) is 6.89. The summed E-state index contributed by atoms with van der Waals surface area (Å²) in [6.45, 7) is 0.